The molecule has 0 atom stereocenters. The van der Waals surface area contributed by atoms with Gasteiger partial charge in [-0.25, -0.2) is 0 Å². The van der Waals surface area contributed by atoms with Crippen LogP contribution in [0.1, 0.15) is 39.5 Å². The van der Waals surface area contributed by atoms with Gasteiger partial charge in [-0.2, -0.15) is 0 Å². The molecule has 1 aliphatic heterocycles. The predicted octanol–water partition coefficient (Wildman–Crippen LogP) is 1.10. The first kappa shape index (κ1) is 16.0. The predicted molar refractivity (Wildman–Crippen MR) is 76.6 cm³/mol. The van der Waals surface area contributed by atoms with Gasteiger partial charge in [-0.1, -0.05) is 0 Å². The lowest BCUT2D eigenvalue weighted by atomic mass is 10.1. The number of unbranched alkanes of at least 4 members (excludes halogenated alkanes) is 2. The molecule has 19 heavy (non-hydrogen) atoms. The van der Waals surface area contributed by atoms with Crippen LogP contribution < -0.4 is 0 Å². The van der Waals surface area contributed by atoms with Gasteiger partial charge in [-0.3, -0.25) is 9.69 Å². The van der Waals surface area contributed by atoms with Gasteiger partial charge < -0.3 is 10.0 Å². The molecule has 0 aromatic carbocycles. The van der Waals surface area contributed by atoms with Gasteiger partial charge in [0, 0.05) is 45.6 Å². The Hall–Kier alpha value is -1.05. The Balaban J connectivity index is 2.22. The molecule has 1 fully saturated rings. The molecule has 0 spiro atoms. The van der Waals surface area contributed by atoms with Crippen LogP contribution in [0, 0.1) is 12.3 Å². The van der Waals surface area contributed by atoms with E-state index in [1.165, 1.54) is 0 Å². The molecular formula is C15H26N2O2. The van der Waals surface area contributed by atoms with Crippen molar-refractivity contribution in [2.24, 2.45) is 0 Å². The maximum Gasteiger partial charge on any atom is 0.222 e. The molecular weight excluding hydrogens is 240 g/mol. The first-order valence-electron chi connectivity index (χ1n) is 7.08. The molecule has 1 N–H and O–H groups in total. The second-order valence-corrected chi connectivity index (χ2v) is 5.88. The summed E-state index contributed by atoms with van der Waals surface area (Å²) in [7, 11) is 0. The third-order valence-corrected chi connectivity index (χ3v) is 3.30. The number of carbonyl (C=O) groups excluding carboxylic acids is 1. The molecule has 0 unspecified atom stereocenters. The molecule has 0 radical (unpaired) electrons. The Morgan fingerprint density at radius 1 is 1.26 bits per heavy atom. The zero-order chi connectivity index (χ0) is 14.3. The van der Waals surface area contributed by atoms with E-state index in [1.807, 2.05) is 18.7 Å². The first-order chi connectivity index (χ1) is 8.92. The maximum atomic E-state index is 12.0. The van der Waals surface area contributed by atoms with Crippen LogP contribution in [0.5, 0.6) is 0 Å². The molecule has 0 aromatic rings. The van der Waals surface area contributed by atoms with Gasteiger partial charge in [0.1, 0.15) is 0 Å². The van der Waals surface area contributed by atoms with Crippen LogP contribution in [0.4, 0.5) is 0 Å². The first-order valence-corrected chi connectivity index (χ1v) is 7.08. The van der Waals surface area contributed by atoms with E-state index in [0.29, 0.717) is 13.0 Å². The van der Waals surface area contributed by atoms with Crippen LogP contribution in [0.3, 0.4) is 0 Å². The van der Waals surface area contributed by atoms with Gasteiger partial charge in [0.15, 0.2) is 0 Å². The fourth-order valence-corrected chi connectivity index (χ4v) is 2.36. The van der Waals surface area contributed by atoms with Gasteiger partial charge in [0.2, 0.25) is 5.91 Å². The summed E-state index contributed by atoms with van der Waals surface area (Å²) in [5.74, 6) is 2.83. The van der Waals surface area contributed by atoms with Crippen molar-refractivity contribution in [1.82, 2.24) is 9.80 Å². The molecule has 0 saturated carbocycles. The van der Waals surface area contributed by atoms with Gasteiger partial charge in [-0.05, 0) is 26.7 Å². The van der Waals surface area contributed by atoms with Crippen molar-refractivity contribution >= 4 is 5.91 Å². The topological polar surface area (TPSA) is 43.8 Å². The Bertz CT molecular complexity index is 320. The summed E-state index contributed by atoms with van der Waals surface area (Å²) >= 11 is 0. The van der Waals surface area contributed by atoms with E-state index < -0.39 is 5.60 Å². The third kappa shape index (κ3) is 6.60. The molecule has 0 aliphatic carbocycles. The zero-order valence-corrected chi connectivity index (χ0v) is 12.2. The number of carbonyl (C=O) groups is 1. The fraction of sp³-hybridized carbons (Fsp3) is 0.800. The molecule has 108 valence electrons. The van der Waals surface area contributed by atoms with Gasteiger partial charge in [0.25, 0.3) is 0 Å². The van der Waals surface area contributed by atoms with Crippen molar-refractivity contribution in [3.63, 3.8) is 0 Å². The highest BCUT2D eigenvalue weighted by atomic mass is 16.3. The van der Waals surface area contributed by atoms with Crippen LogP contribution in [0.15, 0.2) is 0 Å². The number of piperazine rings is 1. The third-order valence-electron chi connectivity index (χ3n) is 3.30. The van der Waals surface area contributed by atoms with Gasteiger partial charge in [-0.15, -0.1) is 12.3 Å². The highest BCUT2D eigenvalue weighted by Crippen LogP contribution is 2.10. The van der Waals surface area contributed by atoms with E-state index in [0.717, 1.165) is 45.4 Å². The number of hydrogen-bond acceptors (Lipinski definition) is 3. The summed E-state index contributed by atoms with van der Waals surface area (Å²) in [6.07, 6.45) is 8.36. The van der Waals surface area contributed by atoms with E-state index in [4.69, 9.17) is 6.42 Å². The summed E-state index contributed by atoms with van der Waals surface area (Å²) in [4.78, 5) is 16.1. The average Bonchev–Trinajstić information content (AvgIpc) is 2.33. The van der Waals surface area contributed by atoms with Crippen LogP contribution in [0.25, 0.3) is 0 Å². The molecule has 1 saturated heterocycles. The van der Waals surface area contributed by atoms with E-state index in [9.17, 15) is 9.90 Å². The minimum absolute atomic E-state index is 0.236. The number of β-amino-alcohol motifs (C(OH)–C–C–N with tert-alkyl or cyclic N) is 1. The molecule has 4 heteroatoms. The van der Waals surface area contributed by atoms with Crippen LogP contribution in [0.2, 0.25) is 0 Å². The minimum Gasteiger partial charge on any atom is -0.389 e. The monoisotopic (exact) mass is 266 g/mol. The second kappa shape index (κ2) is 7.52. The summed E-state index contributed by atoms with van der Waals surface area (Å²) in [6, 6.07) is 0. The zero-order valence-electron chi connectivity index (χ0n) is 12.2. The molecule has 1 aliphatic rings. The summed E-state index contributed by atoms with van der Waals surface area (Å²) in [5.41, 5.74) is -0.665. The van der Waals surface area contributed by atoms with Gasteiger partial charge in [0.05, 0.1) is 5.60 Å². The SMILES string of the molecule is C#CCCCCC(=O)N1CCN(CC(C)(C)O)CC1. The van der Waals surface area contributed by atoms with E-state index in [-0.39, 0.29) is 5.91 Å². The molecule has 1 amide bonds. The lowest BCUT2D eigenvalue weighted by molar-refractivity contribution is -0.133. The number of hydrogen-bond donors (Lipinski definition) is 1. The van der Waals surface area contributed by atoms with E-state index >= 15 is 0 Å². The average molecular weight is 266 g/mol. The minimum atomic E-state index is -0.665. The number of aliphatic hydroxyl groups is 1. The molecule has 0 aromatic heterocycles. The quantitative estimate of drug-likeness (QED) is 0.578. The van der Waals surface area contributed by atoms with Crippen molar-refractivity contribution in [2.75, 3.05) is 32.7 Å². The lowest BCUT2D eigenvalue weighted by Gasteiger charge is -2.37. The molecule has 1 heterocycles. The number of nitrogens with zero attached hydrogens (tertiary/aromatic N) is 2. The van der Waals surface area contributed by atoms with Gasteiger partial charge >= 0.3 is 0 Å². The lowest BCUT2D eigenvalue weighted by Crippen LogP contribution is -2.51. The van der Waals surface area contributed by atoms with E-state index in [2.05, 4.69) is 10.8 Å². The molecule has 0 bridgehead atoms. The molecule has 1 rings (SSSR count). The number of amides is 1. The van der Waals surface area contributed by atoms with Crippen molar-refractivity contribution in [3.05, 3.63) is 0 Å². The summed E-state index contributed by atoms with van der Waals surface area (Å²) in [5, 5.41) is 9.77. The second-order valence-electron chi connectivity index (χ2n) is 5.88. The Labute approximate surface area is 116 Å². The fourth-order valence-electron chi connectivity index (χ4n) is 2.36. The maximum absolute atomic E-state index is 12.0. The summed E-state index contributed by atoms with van der Waals surface area (Å²) < 4.78 is 0. The molecule has 4 nitrogen and oxygen atoms in total. The summed E-state index contributed by atoms with van der Waals surface area (Å²) in [6.45, 7) is 7.53. The van der Waals surface area contributed by atoms with E-state index in [1.54, 1.807) is 0 Å². The van der Waals surface area contributed by atoms with Crippen molar-refractivity contribution in [3.8, 4) is 12.3 Å². The van der Waals surface area contributed by atoms with Crippen LogP contribution >= 0.6 is 0 Å². The van der Waals surface area contributed by atoms with Crippen LogP contribution in [-0.4, -0.2) is 59.1 Å². The normalized spacial score (nSPS) is 17.3. The Morgan fingerprint density at radius 2 is 1.89 bits per heavy atom. The van der Waals surface area contributed by atoms with Crippen molar-refractivity contribution < 1.29 is 9.90 Å². The Morgan fingerprint density at radius 3 is 2.42 bits per heavy atom. The standard InChI is InChI=1S/C15H26N2O2/c1-4-5-6-7-8-14(18)17-11-9-16(10-12-17)13-15(2,3)19/h1,19H,5-13H2,2-3H3. The Kier molecular flexibility index (Phi) is 6.33. The highest BCUT2D eigenvalue weighted by molar-refractivity contribution is 5.76. The number of terminal acetylenes is 1. The van der Waals surface area contributed by atoms with Crippen molar-refractivity contribution in [1.29, 1.82) is 0 Å². The van der Waals surface area contributed by atoms with Crippen LogP contribution in [-0.2, 0) is 4.79 Å². The van der Waals surface area contributed by atoms with Crippen molar-refractivity contribution in [2.45, 2.75) is 45.1 Å². The largest absolute Gasteiger partial charge is 0.389 e. The number of rotatable bonds is 6. The highest BCUT2D eigenvalue weighted by Gasteiger charge is 2.24. The smallest absolute Gasteiger partial charge is 0.222 e.